The van der Waals surface area contributed by atoms with E-state index in [4.69, 9.17) is 9.47 Å². The van der Waals surface area contributed by atoms with Crippen LogP contribution in [0.25, 0.3) is 0 Å². The summed E-state index contributed by atoms with van der Waals surface area (Å²) in [5, 5.41) is 3.74. The van der Waals surface area contributed by atoms with Gasteiger partial charge in [-0.25, -0.2) is 0 Å². The molecular weight excluding hydrogens is 312 g/mol. The molecule has 140 valence electrons. The summed E-state index contributed by atoms with van der Waals surface area (Å²) in [6.07, 6.45) is 8.91. The topological polar surface area (TPSA) is 33.7 Å². The summed E-state index contributed by atoms with van der Waals surface area (Å²) in [5.41, 5.74) is 1.27. The molecule has 1 aromatic carbocycles. The molecule has 4 nitrogen and oxygen atoms in total. The molecule has 25 heavy (non-hydrogen) atoms. The molecule has 3 rings (SSSR count). The van der Waals surface area contributed by atoms with Gasteiger partial charge in [-0.3, -0.25) is 0 Å². The van der Waals surface area contributed by atoms with E-state index in [0.717, 1.165) is 37.1 Å². The molecule has 1 heterocycles. The average Bonchev–Trinajstić information content (AvgIpc) is 3.49. The fourth-order valence-electron chi connectivity index (χ4n) is 3.65. The van der Waals surface area contributed by atoms with E-state index in [0.29, 0.717) is 6.04 Å². The lowest BCUT2D eigenvalue weighted by atomic mass is 10.0. The van der Waals surface area contributed by atoms with Crippen LogP contribution in [0.2, 0.25) is 0 Å². The largest absolute Gasteiger partial charge is 0.493 e. The van der Waals surface area contributed by atoms with E-state index in [1.807, 2.05) is 6.07 Å². The predicted molar refractivity (Wildman–Crippen MR) is 102 cm³/mol. The van der Waals surface area contributed by atoms with Crippen LogP contribution in [0.5, 0.6) is 11.5 Å². The van der Waals surface area contributed by atoms with E-state index in [2.05, 4.69) is 29.3 Å². The zero-order valence-electron chi connectivity index (χ0n) is 15.9. The van der Waals surface area contributed by atoms with Crippen molar-refractivity contribution >= 4 is 0 Å². The fraction of sp³-hybridized carbons (Fsp3) is 0.714. The number of nitrogens with one attached hydrogen (secondary N) is 1. The number of benzene rings is 1. The first kappa shape index (κ1) is 18.5. The van der Waals surface area contributed by atoms with Gasteiger partial charge in [-0.05, 0) is 62.9 Å². The first-order chi connectivity index (χ1) is 12.3. The first-order valence-corrected chi connectivity index (χ1v) is 10.1. The number of nitrogens with zero attached hydrogens (tertiary/aromatic N) is 1. The van der Waals surface area contributed by atoms with E-state index in [-0.39, 0.29) is 0 Å². The van der Waals surface area contributed by atoms with Crippen molar-refractivity contribution in [2.45, 2.75) is 70.5 Å². The van der Waals surface area contributed by atoms with Crippen LogP contribution in [0.4, 0.5) is 0 Å². The number of hydrogen-bond donors (Lipinski definition) is 1. The van der Waals surface area contributed by atoms with Gasteiger partial charge >= 0.3 is 0 Å². The van der Waals surface area contributed by atoms with Gasteiger partial charge in [0.1, 0.15) is 0 Å². The molecule has 1 N–H and O–H groups in total. The Balaban J connectivity index is 1.46. The van der Waals surface area contributed by atoms with Gasteiger partial charge in [0, 0.05) is 18.6 Å². The van der Waals surface area contributed by atoms with Gasteiger partial charge in [0.05, 0.1) is 13.7 Å². The highest BCUT2D eigenvalue weighted by Crippen LogP contribution is 2.30. The molecule has 0 atom stereocenters. The zero-order valence-corrected chi connectivity index (χ0v) is 15.9. The average molecular weight is 347 g/mol. The van der Waals surface area contributed by atoms with E-state index < -0.39 is 0 Å². The van der Waals surface area contributed by atoms with Crippen molar-refractivity contribution in [3.8, 4) is 11.5 Å². The third-order valence-electron chi connectivity index (χ3n) is 5.42. The van der Waals surface area contributed by atoms with Gasteiger partial charge in [-0.2, -0.15) is 0 Å². The number of likely N-dealkylation sites (tertiary alicyclic amines) is 1. The Morgan fingerprint density at radius 3 is 2.56 bits per heavy atom. The van der Waals surface area contributed by atoms with Crippen LogP contribution >= 0.6 is 0 Å². The Kier molecular flexibility index (Phi) is 7.00. The number of ether oxygens (including phenoxy) is 2. The van der Waals surface area contributed by atoms with Gasteiger partial charge in [-0.1, -0.05) is 25.8 Å². The second-order valence-corrected chi connectivity index (χ2v) is 7.46. The molecule has 0 amide bonds. The SMILES string of the molecule is CCCCCOc1cc(CNC2CCN(C3CC3)CC2)ccc1OC. The van der Waals surface area contributed by atoms with Crippen molar-refractivity contribution in [1.29, 1.82) is 0 Å². The summed E-state index contributed by atoms with van der Waals surface area (Å²) in [6, 6.07) is 7.87. The van der Waals surface area contributed by atoms with E-state index in [1.54, 1.807) is 7.11 Å². The van der Waals surface area contributed by atoms with E-state index in [9.17, 15) is 0 Å². The molecule has 1 saturated heterocycles. The standard InChI is InChI=1S/C21H34N2O2/c1-3-4-5-14-25-21-15-17(6-9-20(21)24-2)16-22-18-10-12-23(13-11-18)19-7-8-19/h6,9,15,18-19,22H,3-5,7-8,10-14,16H2,1-2H3. The Morgan fingerprint density at radius 2 is 1.88 bits per heavy atom. The van der Waals surface area contributed by atoms with Crippen LogP contribution in [-0.2, 0) is 6.54 Å². The summed E-state index contributed by atoms with van der Waals surface area (Å²) in [7, 11) is 1.71. The first-order valence-electron chi connectivity index (χ1n) is 10.1. The Morgan fingerprint density at radius 1 is 1.08 bits per heavy atom. The highest BCUT2D eigenvalue weighted by Gasteiger charge is 2.31. The molecule has 0 radical (unpaired) electrons. The summed E-state index contributed by atoms with van der Waals surface area (Å²) < 4.78 is 11.4. The molecule has 1 aliphatic carbocycles. The van der Waals surface area contributed by atoms with Crippen LogP contribution in [-0.4, -0.2) is 43.8 Å². The van der Waals surface area contributed by atoms with Crippen LogP contribution in [0, 0.1) is 0 Å². The summed E-state index contributed by atoms with van der Waals surface area (Å²) in [5.74, 6) is 1.71. The number of unbranched alkanes of at least 4 members (excludes halogenated alkanes) is 2. The fourth-order valence-corrected chi connectivity index (χ4v) is 3.65. The lowest BCUT2D eigenvalue weighted by molar-refractivity contribution is 0.189. The predicted octanol–water partition coefficient (Wildman–Crippen LogP) is 3.98. The number of rotatable bonds is 10. The summed E-state index contributed by atoms with van der Waals surface area (Å²) in [6.45, 7) is 6.40. The third-order valence-corrected chi connectivity index (χ3v) is 5.42. The smallest absolute Gasteiger partial charge is 0.161 e. The Labute approximate surface area is 152 Å². The molecule has 0 unspecified atom stereocenters. The Hall–Kier alpha value is -1.26. The molecular formula is C21H34N2O2. The maximum Gasteiger partial charge on any atom is 0.161 e. The number of hydrogen-bond acceptors (Lipinski definition) is 4. The van der Waals surface area contributed by atoms with Gasteiger partial charge in [0.15, 0.2) is 11.5 Å². The van der Waals surface area contributed by atoms with Crippen molar-refractivity contribution in [3.63, 3.8) is 0 Å². The minimum absolute atomic E-state index is 0.644. The molecule has 1 aliphatic heterocycles. The van der Waals surface area contributed by atoms with Crippen molar-refractivity contribution in [1.82, 2.24) is 10.2 Å². The molecule has 0 aromatic heterocycles. The molecule has 0 spiro atoms. The van der Waals surface area contributed by atoms with Gasteiger partial charge in [0.2, 0.25) is 0 Å². The highest BCUT2D eigenvalue weighted by molar-refractivity contribution is 5.43. The normalized spacial score (nSPS) is 19.1. The molecule has 4 heteroatoms. The van der Waals surface area contributed by atoms with Crippen molar-refractivity contribution in [3.05, 3.63) is 23.8 Å². The van der Waals surface area contributed by atoms with Gasteiger partial charge < -0.3 is 19.7 Å². The van der Waals surface area contributed by atoms with Crippen LogP contribution in [0.1, 0.15) is 57.4 Å². The Bertz CT molecular complexity index is 523. The van der Waals surface area contributed by atoms with Crippen molar-refractivity contribution in [2.24, 2.45) is 0 Å². The highest BCUT2D eigenvalue weighted by atomic mass is 16.5. The summed E-state index contributed by atoms with van der Waals surface area (Å²) in [4.78, 5) is 2.67. The minimum Gasteiger partial charge on any atom is -0.493 e. The monoisotopic (exact) mass is 346 g/mol. The molecule has 2 aliphatic rings. The van der Waals surface area contributed by atoms with Crippen LogP contribution in [0.15, 0.2) is 18.2 Å². The van der Waals surface area contributed by atoms with Crippen molar-refractivity contribution in [2.75, 3.05) is 26.8 Å². The number of piperidine rings is 1. The second kappa shape index (κ2) is 9.44. The quantitative estimate of drug-likeness (QED) is 0.650. The van der Waals surface area contributed by atoms with Crippen LogP contribution < -0.4 is 14.8 Å². The maximum absolute atomic E-state index is 5.95. The lowest BCUT2D eigenvalue weighted by Crippen LogP contribution is -2.43. The molecule has 1 saturated carbocycles. The number of methoxy groups -OCH3 is 1. The lowest BCUT2D eigenvalue weighted by Gasteiger charge is -2.32. The summed E-state index contributed by atoms with van der Waals surface area (Å²) >= 11 is 0. The van der Waals surface area contributed by atoms with Gasteiger partial charge in [0.25, 0.3) is 0 Å². The van der Waals surface area contributed by atoms with Crippen LogP contribution in [0.3, 0.4) is 0 Å². The molecule has 2 fully saturated rings. The van der Waals surface area contributed by atoms with Crippen molar-refractivity contribution < 1.29 is 9.47 Å². The molecule has 0 bridgehead atoms. The molecule has 1 aromatic rings. The second-order valence-electron chi connectivity index (χ2n) is 7.46. The zero-order chi connectivity index (χ0) is 17.5. The van der Waals surface area contributed by atoms with E-state index in [1.165, 1.54) is 57.2 Å². The minimum atomic E-state index is 0.644. The maximum atomic E-state index is 5.95. The van der Waals surface area contributed by atoms with Gasteiger partial charge in [-0.15, -0.1) is 0 Å². The third kappa shape index (κ3) is 5.61. The van der Waals surface area contributed by atoms with E-state index >= 15 is 0 Å².